The van der Waals surface area contributed by atoms with Gasteiger partial charge < -0.3 is 9.15 Å². The van der Waals surface area contributed by atoms with Gasteiger partial charge in [-0.3, -0.25) is 14.2 Å². The first-order valence-corrected chi connectivity index (χ1v) is 7.18. The second kappa shape index (κ2) is 6.60. The maximum Gasteiger partial charge on any atom is 0.420 e. The summed E-state index contributed by atoms with van der Waals surface area (Å²) in [5.74, 6) is -0.807. The molecule has 118 valence electrons. The van der Waals surface area contributed by atoms with E-state index in [1.54, 1.807) is 12.1 Å². The van der Waals surface area contributed by atoms with Crippen LogP contribution in [0.2, 0.25) is 0 Å². The predicted octanol–water partition coefficient (Wildman–Crippen LogP) is 2.39. The molecule has 0 amide bonds. The lowest BCUT2D eigenvalue weighted by molar-refractivity contribution is -0.144. The zero-order valence-electron chi connectivity index (χ0n) is 12.9. The van der Waals surface area contributed by atoms with E-state index in [0.717, 1.165) is 6.42 Å². The van der Waals surface area contributed by atoms with Gasteiger partial charge in [-0.05, 0) is 37.5 Å². The van der Waals surface area contributed by atoms with Crippen LogP contribution in [0.25, 0.3) is 11.1 Å². The Morgan fingerprint density at radius 2 is 2.05 bits per heavy atom. The molecule has 0 fully saturated rings. The van der Waals surface area contributed by atoms with Gasteiger partial charge in [-0.2, -0.15) is 0 Å². The highest BCUT2D eigenvalue weighted by molar-refractivity contribution is 5.97. The molecule has 1 aromatic carbocycles. The number of hydrogen-bond acceptors (Lipinski definition) is 5. The Balaban J connectivity index is 2.17. The van der Waals surface area contributed by atoms with Gasteiger partial charge in [0.15, 0.2) is 11.4 Å². The van der Waals surface area contributed by atoms with E-state index in [9.17, 15) is 14.4 Å². The molecule has 1 heterocycles. The average Bonchev–Trinajstić information content (AvgIpc) is 2.73. The number of ether oxygens (including phenoxy) is 1. The summed E-state index contributed by atoms with van der Waals surface area (Å²) in [5.41, 5.74) is 1.20. The molecule has 6 heteroatoms. The maximum absolute atomic E-state index is 11.8. The normalized spacial score (nSPS) is 11.1. The van der Waals surface area contributed by atoms with E-state index < -0.39 is 11.7 Å². The number of hydrogen-bond donors (Lipinski definition) is 0. The van der Waals surface area contributed by atoms with Gasteiger partial charge in [0.25, 0.3) is 0 Å². The molecule has 6 nitrogen and oxygen atoms in total. The summed E-state index contributed by atoms with van der Waals surface area (Å²) in [5, 5.41) is 0. The number of ketones is 1. The van der Waals surface area contributed by atoms with Gasteiger partial charge in [-0.1, -0.05) is 13.8 Å². The molecule has 0 atom stereocenters. The van der Waals surface area contributed by atoms with Crippen LogP contribution in [-0.2, 0) is 16.1 Å². The Bertz CT molecular complexity index is 753. The minimum Gasteiger partial charge on any atom is -0.464 e. The molecule has 0 aliphatic rings. The van der Waals surface area contributed by atoms with E-state index in [4.69, 9.17) is 9.15 Å². The van der Waals surface area contributed by atoms with Crippen molar-refractivity contribution in [2.45, 2.75) is 33.7 Å². The monoisotopic (exact) mass is 305 g/mol. The third kappa shape index (κ3) is 3.63. The SMILES string of the molecule is CC(=O)c1ccc2c(c1)oc(=O)n2CC(=O)OCCC(C)C. The van der Waals surface area contributed by atoms with Gasteiger partial charge >= 0.3 is 11.7 Å². The van der Waals surface area contributed by atoms with Crippen molar-refractivity contribution in [3.63, 3.8) is 0 Å². The molecule has 0 bridgehead atoms. The van der Waals surface area contributed by atoms with Crippen LogP contribution in [0.4, 0.5) is 0 Å². The molecule has 0 aliphatic carbocycles. The molecule has 0 unspecified atom stereocenters. The van der Waals surface area contributed by atoms with Crippen molar-refractivity contribution in [3.05, 3.63) is 34.3 Å². The number of esters is 1. The molecule has 2 rings (SSSR count). The number of oxazole rings is 1. The summed E-state index contributed by atoms with van der Waals surface area (Å²) in [6, 6.07) is 4.69. The van der Waals surface area contributed by atoms with Gasteiger partial charge in [0.2, 0.25) is 0 Å². The Morgan fingerprint density at radius 3 is 2.68 bits per heavy atom. The van der Waals surface area contributed by atoms with Crippen LogP contribution in [0.5, 0.6) is 0 Å². The summed E-state index contributed by atoms with van der Waals surface area (Å²) in [7, 11) is 0. The van der Waals surface area contributed by atoms with E-state index in [0.29, 0.717) is 23.6 Å². The first kappa shape index (κ1) is 16.0. The molecule has 0 N–H and O–H groups in total. The van der Waals surface area contributed by atoms with Crippen LogP contribution in [0.1, 0.15) is 37.6 Å². The van der Waals surface area contributed by atoms with Gasteiger partial charge in [-0.25, -0.2) is 4.79 Å². The minimum absolute atomic E-state index is 0.120. The van der Waals surface area contributed by atoms with Crippen LogP contribution in [-0.4, -0.2) is 22.9 Å². The third-order valence-corrected chi connectivity index (χ3v) is 3.32. The maximum atomic E-state index is 11.8. The van der Waals surface area contributed by atoms with E-state index in [1.807, 2.05) is 13.8 Å². The summed E-state index contributed by atoms with van der Waals surface area (Å²) < 4.78 is 11.4. The van der Waals surface area contributed by atoms with Crippen LogP contribution >= 0.6 is 0 Å². The second-order valence-electron chi connectivity index (χ2n) is 5.60. The summed E-state index contributed by atoms with van der Waals surface area (Å²) in [4.78, 5) is 35.0. The van der Waals surface area contributed by atoms with Crippen molar-refractivity contribution in [1.29, 1.82) is 0 Å². The van der Waals surface area contributed by atoms with Crippen molar-refractivity contribution >= 4 is 22.9 Å². The quantitative estimate of drug-likeness (QED) is 0.605. The average molecular weight is 305 g/mol. The van der Waals surface area contributed by atoms with Gasteiger partial charge in [-0.15, -0.1) is 0 Å². The van der Waals surface area contributed by atoms with Gasteiger partial charge in [0.05, 0.1) is 12.1 Å². The number of nitrogens with zero attached hydrogens (tertiary/aromatic N) is 1. The third-order valence-electron chi connectivity index (χ3n) is 3.32. The van der Waals surface area contributed by atoms with Gasteiger partial charge in [0.1, 0.15) is 6.54 Å². The van der Waals surface area contributed by atoms with Crippen LogP contribution < -0.4 is 5.76 Å². The number of aromatic nitrogens is 1. The molecule has 0 aliphatic heterocycles. The number of benzene rings is 1. The fourth-order valence-electron chi connectivity index (χ4n) is 2.02. The fraction of sp³-hybridized carbons (Fsp3) is 0.438. The molecule has 22 heavy (non-hydrogen) atoms. The Labute approximate surface area is 127 Å². The predicted molar refractivity (Wildman–Crippen MR) is 80.9 cm³/mol. The van der Waals surface area contributed by atoms with E-state index >= 15 is 0 Å². The zero-order valence-corrected chi connectivity index (χ0v) is 12.9. The molecule has 1 aromatic heterocycles. The molecule has 0 saturated carbocycles. The van der Waals surface area contributed by atoms with E-state index in [-0.39, 0.29) is 17.9 Å². The molecular weight excluding hydrogens is 286 g/mol. The lowest BCUT2D eigenvalue weighted by Crippen LogP contribution is -2.22. The van der Waals surface area contributed by atoms with Crippen molar-refractivity contribution in [2.75, 3.05) is 6.61 Å². The van der Waals surface area contributed by atoms with Crippen molar-refractivity contribution < 1.29 is 18.7 Å². The number of carbonyl (C=O) groups is 2. The highest BCUT2D eigenvalue weighted by atomic mass is 16.5. The summed E-state index contributed by atoms with van der Waals surface area (Å²) in [6.07, 6.45) is 0.773. The largest absolute Gasteiger partial charge is 0.464 e. The van der Waals surface area contributed by atoms with Crippen molar-refractivity contribution in [2.24, 2.45) is 5.92 Å². The lowest BCUT2D eigenvalue weighted by atomic mass is 10.1. The molecule has 0 radical (unpaired) electrons. The van der Waals surface area contributed by atoms with Crippen LogP contribution in [0, 0.1) is 5.92 Å². The number of fused-ring (bicyclic) bond motifs is 1. The number of Topliss-reactive ketones (excluding diaryl/α,β-unsaturated/α-hetero) is 1. The Kier molecular flexibility index (Phi) is 4.80. The molecule has 2 aromatic rings. The fourth-order valence-corrected chi connectivity index (χ4v) is 2.02. The molecular formula is C16H19NO5. The number of rotatable bonds is 6. The first-order chi connectivity index (χ1) is 10.4. The van der Waals surface area contributed by atoms with E-state index in [2.05, 4.69) is 0 Å². The first-order valence-electron chi connectivity index (χ1n) is 7.18. The highest BCUT2D eigenvalue weighted by Crippen LogP contribution is 2.15. The van der Waals surface area contributed by atoms with Crippen molar-refractivity contribution in [3.8, 4) is 0 Å². The van der Waals surface area contributed by atoms with E-state index in [1.165, 1.54) is 17.6 Å². The standard InChI is InChI=1S/C16H19NO5/c1-10(2)6-7-21-15(19)9-17-13-5-4-12(11(3)18)8-14(13)22-16(17)20/h4-5,8,10H,6-7,9H2,1-3H3. The number of carbonyl (C=O) groups excluding carboxylic acids is 2. The zero-order chi connectivity index (χ0) is 16.3. The molecule has 0 spiro atoms. The topological polar surface area (TPSA) is 78.5 Å². The summed E-state index contributed by atoms with van der Waals surface area (Å²) in [6.45, 7) is 5.63. The molecule has 0 saturated heterocycles. The minimum atomic E-state index is -0.642. The lowest BCUT2D eigenvalue weighted by Gasteiger charge is -2.07. The van der Waals surface area contributed by atoms with Crippen molar-refractivity contribution in [1.82, 2.24) is 4.57 Å². The van der Waals surface area contributed by atoms with Crippen LogP contribution in [0.3, 0.4) is 0 Å². The Morgan fingerprint density at radius 1 is 1.32 bits per heavy atom. The summed E-state index contributed by atoms with van der Waals surface area (Å²) >= 11 is 0. The van der Waals surface area contributed by atoms with Crippen LogP contribution in [0.15, 0.2) is 27.4 Å². The highest BCUT2D eigenvalue weighted by Gasteiger charge is 2.14. The second-order valence-corrected chi connectivity index (χ2v) is 5.60. The smallest absolute Gasteiger partial charge is 0.420 e. The van der Waals surface area contributed by atoms with Gasteiger partial charge in [0, 0.05) is 5.56 Å². The Hall–Kier alpha value is -2.37.